The second-order valence-corrected chi connectivity index (χ2v) is 62.3. The first-order chi connectivity index (χ1) is 72.6. The molecule has 0 atom stereocenters. The van der Waals surface area contributed by atoms with Crippen molar-refractivity contribution in [2.45, 2.75) is 131 Å². The summed E-state index contributed by atoms with van der Waals surface area (Å²) in [6, 6.07) is 187. The van der Waals surface area contributed by atoms with E-state index in [-0.39, 0.29) is 33.4 Å². The third-order valence-electron chi connectivity index (χ3n) is 30.9. The van der Waals surface area contributed by atoms with E-state index in [1.165, 1.54) is 131 Å². The Morgan fingerprint density at radius 2 is 0.480 bits per heavy atom. The smallest absolute Gasteiger partial charge is 0.270 e. The van der Waals surface area contributed by atoms with Crippen LogP contribution in [0.1, 0.15) is 126 Å². The Morgan fingerprint density at radius 3 is 0.860 bits per heavy atom. The van der Waals surface area contributed by atoms with E-state index in [1.807, 2.05) is 53.8 Å². The minimum absolute atomic E-state index is 0.0121. The van der Waals surface area contributed by atoms with Crippen LogP contribution in [0.15, 0.2) is 514 Å². The lowest BCUT2D eigenvalue weighted by atomic mass is 9.34. The Kier molecular flexibility index (Phi) is 27.8. The zero-order chi connectivity index (χ0) is 104. The maximum absolute atomic E-state index is 6.56. The molecule has 10 heteroatoms. The molecule has 738 valence electrons. The van der Waals surface area contributed by atoms with Crippen LogP contribution in [-0.2, 0) is 21.7 Å². The van der Waals surface area contributed by atoms with Crippen LogP contribution in [0.2, 0.25) is 5.04 Å². The lowest BCUT2D eigenvalue weighted by Gasteiger charge is -2.44. The monoisotopic (exact) mass is 2030 g/mol. The number of hydrogen-bond donors (Lipinski definition) is 0. The van der Waals surface area contributed by atoms with E-state index < -0.39 is 32.3 Å². The van der Waals surface area contributed by atoms with Crippen LogP contribution >= 0.6 is 11.3 Å². The number of hydrogen-bond acceptors (Lipinski definition) is 5. The van der Waals surface area contributed by atoms with Gasteiger partial charge in [0.25, 0.3) is 6.71 Å². The summed E-state index contributed by atoms with van der Waals surface area (Å²) < 4.78 is 28.2. The predicted molar refractivity (Wildman–Crippen MR) is 653 cm³/mol. The average molecular weight is 2030 g/mol. The predicted octanol–water partition coefficient (Wildman–Crippen LogP) is 25.1. The van der Waals surface area contributed by atoms with Gasteiger partial charge in [-0.15, -0.1) is 11.3 Å². The molecule has 0 unspecified atom stereocenters. The van der Waals surface area contributed by atoms with Gasteiger partial charge in [0.2, 0.25) is 0 Å². The van der Waals surface area contributed by atoms with E-state index in [0.29, 0.717) is 0 Å². The topological polar surface area (TPSA) is 40.8 Å². The normalized spacial score (nSPS) is 12.6. The second-order valence-electron chi connectivity index (χ2n) is 45.2. The van der Waals surface area contributed by atoms with Gasteiger partial charge in [-0.05, 0) is 175 Å². The molecule has 4 nitrogen and oxygen atoms in total. The Hall–Kier alpha value is -15.2. The van der Waals surface area contributed by atoms with E-state index in [2.05, 4.69) is 571 Å². The number of fused-ring (bicyclic) bond motifs is 6. The van der Waals surface area contributed by atoms with E-state index in [1.54, 1.807) is 0 Å². The largest absolute Gasteiger partial charge is 0.458 e. The fraction of sp³-hybridized carbons (Fsp3) is 0.143. The summed E-state index contributed by atoms with van der Waals surface area (Å²) in [5.74, 6) is 5.28. The van der Waals surface area contributed by atoms with Crippen molar-refractivity contribution in [1.29, 1.82) is 0 Å². The molecule has 0 spiro atoms. The highest BCUT2D eigenvalue weighted by Gasteiger charge is 2.53. The highest BCUT2D eigenvalue weighted by Crippen LogP contribution is 2.45. The molecule has 3 aliphatic rings. The maximum atomic E-state index is 6.56. The van der Waals surface area contributed by atoms with Gasteiger partial charge in [0, 0.05) is 47.3 Å². The van der Waals surface area contributed by atoms with Crippen LogP contribution < -0.4 is 108 Å². The number of para-hydroxylation sites is 2. The molecule has 0 N–H and O–H groups in total. The van der Waals surface area contributed by atoms with Crippen molar-refractivity contribution in [3.63, 3.8) is 0 Å². The third-order valence-corrected chi connectivity index (χ3v) is 52.5. The average Bonchev–Trinajstić information content (AvgIpc) is 1.17. The van der Waals surface area contributed by atoms with Gasteiger partial charge in [0.1, 0.15) is 45.7 Å². The van der Waals surface area contributed by atoms with Crippen molar-refractivity contribution < 1.29 is 18.6 Å². The fourth-order valence-corrected chi connectivity index (χ4v) is 45.5. The first kappa shape index (κ1) is 101. The summed E-state index contributed by atoms with van der Waals surface area (Å²) in [6.07, 6.45) is 0. The van der Waals surface area contributed by atoms with Crippen LogP contribution in [0.5, 0.6) is 34.5 Å². The summed E-state index contributed by atoms with van der Waals surface area (Å²) in [5, 5.41) is 26.5. The molecule has 0 saturated carbocycles. The van der Waals surface area contributed by atoms with Gasteiger partial charge in [-0.1, -0.05) is 565 Å². The first-order valence-corrected chi connectivity index (χ1v) is 61.6. The van der Waals surface area contributed by atoms with E-state index in [9.17, 15) is 0 Å². The van der Waals surface area contributed by atoms with E-state index >= 15 is 0 Å². The summed E-state index contributed by atoms with van der Waals surface area (Å²) in [5.41, 5.74) is 11.0. The second kappa shape index (κ2) is 41.4. The first-order valence-electron chi connectivity index (χ1n) is 52.8. The van der Waals surface area contributed by atoms with Gasteiger partial charge in [-0.3, -0.25) is 0 Å². The maximum Gasteiger partial charge on any atom is 0.270 e. The number of thiophene rings is 1. The molecule has 25 rings (SSSR count). The lowest BCUT2D eigenvalue weighted by molar-refractivity contribution is 0.439. The van der Waals surface area contributed by atoms with Gasteiger partial charge in [0.15, 0.2) is 32.3 Å². The fourth-order valence-electron chi connectivity index (χ4n) is 23.6. The van der Waals surface area contributed by atoms with Gasteiger partial charge in [-0.2, -0.15) is 0 Å². The number of rotatable bonds is 15. The minimum Gasteiger partial charge on any atom is -0.458 e. The zero-order valence-electron chi connectivity index (χ0n) is 88.6. The molecule has 22 aromatic rings. The van der Waals surface area contributed by atoms with Gasteiger partial charge >= 0.3 is 0 Å². The molecule has 20 aromatic carbocycles. The van der Waals surface area contributed by atoms with Crippen LogP contribution in [0, 0.1) is 0 Å². The Balaban J connectivity index is 0.000000110. The molecule has 5 heterocycles. The summed E-state index contributed by atoms with van der Waals surface area (Å²) in [4.78, 5) is 0. The summed E-state index contributed by atoms with van der Waals surface area (Å²) in [6.45, 7) is 34.5. The highest BCUT2D eigenvalue weighted by molar-refractivity contribution is 7.31. The zero-order valence-corrected chi connectivity index (χ0v) is 93.4. The van der Waals surface area contributed by atoms with Crippen LogP contribution in [0.25, 0.3) is 42.1 Å². The molecule has 0 radical (unpaired) electrons. The number of furan rings is 1. The van der Waals surface area contributed by atoms with Crippen molar-refractivity contribution in [2.24, 2.45) is 0 Å². The molecule has 2 aromatic heterocycles. The van der Waals surface area contributed by atoms with Gasteiger partial charge in [0.05, 0.1) is 0 Å². The van der Waals surface area contributed by atoms with Gasteiger partial charge in [-0.25, -0.2) is 0 Å². The Bertz CT molecular complexity index is 8160. The van der Waals surface area contributed by atoms with Crippen LogP contribution in [0.4, 0.5) is 0 Å². The van der Waals surface area contributed by atoms with Crippen molar-refractivity contribution in [1.82, 2.24) is 0 Å². The molecule has 0 bridgehead atoms. The van der Waals surface area contributed by atoms with E-state index in [4.69, 9.17) is 18.6 Å². The van der Waals surface area contributed by atoms with Gasteiger partial charge < -0.3 is 18.6 Å². The summed E-state index contributed by atoms with van der Waals surface area (Å²) >= 11 is 1.94. The lowest BCUT2D eigenvalue weighted by Crippen LogP contribution is -2.74. The molecular formula is C140H129BO4SSi4. The molecule has 150 heavy (non-hydrogen) atoms. The van der Waals surface area contributed by atoms with E-state index in [0.717, 1.165) is 62.1 Å². The summed E-state index contributed by atoms with van der Waals surface area (Å²) in [7, 11) is -9.87. The number of benzene rings is 20. The molecule has 0 saturated heterocycles. The van der Waals surface area contributed by atoms with Crippen LogP contribution in [0.3, 0.4) is 0 Å². The standard InChI is InChI=1S/C34H30SSi.C28H26OSi.2C28H28Si.C22H17BO3/c1-34(2,3)25-14-12-19-28(24-25)36(26-15-6-4-7-16-26,27-17-8-5-9-18-27)32-23-13-21-30-29-20-10-11-22-31(29)35-33(30)32;1-28(2,3)30(21-13-6-4-7-14-21,22-15-8-5-9-16-22)26-20-12-18-24-23-17-10-11-19-25(23)29-27(24)26;1-28(2,3)23-14-13-21-27(22-23)29(24-15-7-4-8-16-24,25-17-9-5-10-18-25)26-19-11-6-12-20-26;1-28(2,3)23-19-21-27(22-20-23)29(24-13-7-4-8-14-24,25-15-9-5-10-16-25)26-17-11-6-12-18-26;1-22(2,3)12-10-17-21-18(11-12)26-16-9-5-7-14-20(16)23(21)19-13(24-14)6-4-8-15(19)25-17/h4-24H,1-3H3;4-20H,1-3H3;2*4-22H,1-3H3;4-11H,1-3H3. The van der Waals surface area contributed by atoms with Crippen molar-refractivity contribution in [3.05, 3.63) is 532 Å². The molecule has 3 aliphatic heterocycles. The molecule has 0 fully saturated rings. The quantitative estimate of drug-likeness (QED) is 0.0758. The highest BCUT2D eigenvalue weighted by atomic mass is 32.1. The third kappa shape index (κ3) is 18.6. The molecule has 0 aliphatic carbocycles. The molecule has 0 amide bonds. The SMILES string of the molecule is CC(C)(C)[Si](c1ccccc1)(c1ccccc1)c1cccc2c1oc1ccccc12.CC(C)(C)c1cc2c3c(c1)Oc1cccc4c1B3c1c(cccc1O2)O4.CC(C)(C)c1ccc([Si](c2ccccc2)(c2ccccc2)c2ccccc2)cc1.CC(C)(C)c1cccc([Si](c2ccccc2)(c2ccccc2)c2cccc3c2sc2ccccc23)c1.CC(C)(C)c1cccc([Si](c2ccccc2)(c2ccccc2)c2ccccc2)c1. The van der Waals surface area contributed by atoms with Crippen molar-refractivity contribution in [2.75, 3.05) is 0 Å². The van der Waals surface area contributed by atoms with Crippen molar-refractivity contribution >= 4 is 187 Å². The van der Waals surface area contributed by atoms with Crippen molar-refractivity contribution in [3.8, 4) is 34.5 Å². The number of ether oxygens (including phenoxy) is 3. The minimum atomic E-state index is -2.63. The Labute approximate surface area is 895 Å². The molecular weight excluding hydrogens is 1900 g/mol. The van der Waals surface area contributed by atoms with Crippen LogP contribution in [-0.4, -0.2) is 39.0 Å². The Morgan fingerprint density at radius 1 is 0.200 bits per heavy atom.